The maximum atomic E-state index is 12.3. The first-order valence-corrected chi connectivity index (χ1v) is 13.9. The number of phenolic OH excluding ortho intramolecular Hbond substituents is 1. The van der Waals surface area contributed by atoms with E-state index in [-0.39, 0.29) is 11.8 Å². The van der Waals surface area contributed by atoms with Crippen LogP contribution >= 0.6 is 11.3 Å². The summed E-state index contributed by atoms with van der Waals surface area (Å²) in [5, 5.41) is 16.8. The number of urea groups is 1. The van der Waals surface area contributed by atoms with Gasteiger partial charge in [-0.05, 0) is 51.5 Å². The Kier molecular flexibility index (Phi) is 9.21. The fourth-order valence-electron chi connectivity index (χ4n) is 3.46. The van der Waals surface area contributed by atoms with Gasteiger partial charge in [0.2, 0.25) is 0 Å². The molecule has 1 heterocycles. The van der Waals surface area contributed by atoms with E-state index >= 15 is 0 Å². The van der Waals surface area contributed by atoms with E-state index in [9.17, 15) is 9.90 Å². The summed E-state index contributed by atoms with van der Waals surface area (Å²) in [4.78, 5) is 16.9. The number of aromatic hydroxyl groups is 1. The van der Waals surface area contributed by atoms with Crippen LogP contribution in [0, 0.1) is 0 Å². The Bertz CT molecular complexity index is 1010. The number of nitrogens with one attached hydrogen (secondary N) is 2. The number of anilines is 1. The number of thiazole rings is 1. The third kappa shape index (κ3) is 6.75. The summed E-state index contributed by atoms with van der Waals surface area (Å²) in [5.74, 6) is 0.0628. The van der Waals surface area contributed by atoms with Crippen LogP contribution in [-0.4, -0.2) is 51.3 Å². The number of rotatable bonds is 12. The Hall–Kier alpha value is -2.50. The molecule has 2 aromatic carbocycles. The second-order valence-electron chi connectivity index (χ2n) is 7.19. The van der Waals surface area contributed by atoms with Gasteiger partial charge in [-0.25, -0.2) is 9.78 Å². The van der Waals surface area contributed by atoms with Crippen molar-refractivity contribution in [2.75, 3.05) is 31.7 Å². The van der Waals surface area contributed by atoms with Crippen molar-refractivity contribution in [1.82, 2.24) is 10.3 Å². The van der Waals surface area contributed by atoms with Gasteiger partial charge in [0.25, 0.3) is 0 Å². The van der Waals surface area contributed by atoms with Gasteiger partial charge in [0.05, 0.1) is 15.8 Å². The van der Waals surface area contributed by atoms with Gasteiger partial charge in [-0.1, -0.05) is 12.1 Å². The minimum Gasteiger partial charge on any atom is -0.507 e. The van der Waals surface area contributed by atoms with E-state index in [1.807, 2.05) is 45.0 Å². The van der Waals surface area contributed by atoms with E-state index in [2.05, 4.69) is 15.6 Å². The number of hydrogen-bond donors (Lipinski definition) is 3. The molecule has 2 amide bonds. The number of hydrogen-bond acceptors (Lipinski definition) is 7. The standard InChI is InChI=1S/C23H31N3O5SSi/c1-4-29-33(30-5-2,31-6-3)15-9-14-24-23(28)25-17-12-13-18(20(27)16-17)22-26-19-10-7-8-11-21(19)32-22/h7-8,10-13,16,27H,4-6,9,14-15H2,1-3H3,(H2,24,25,28). The van der Waals surface area contributed by atoms with Gasteiger partial charge in [0.15, 0.2) is 0 Å². The average Bonchev–Trinajstić information content (AvgIpc) is 3.21. The summed E-state index contributed by atoms with van der Waals surface area (Å²) >= 11 is 1.51. The van der Waals surface area contributed by atoms with Crippen molar-refractivity contribution in [2.45, 2.75) is 33.2 Å². The number of carbonyl (C=O) groups excluding carboxylic acids is 1. The van der Waals surface area contributed by atoms with E-state index in [0.29, 0.717) is 50.1 Å². The molecule has 0 spiro atoms. The van der Waals surface area contributed by atoms with Crippen LogP contribution in [0.4, 0.5) is 10.5 Å². The van der Waals surface area contributed by atoms with Crippen molar-refractivity contribution in [3.63, 3.8) is 0 Å². The summed E-state index contributed by atoms with van der Waals surface area (Å²) in [7, 11) is -2.71. The number of nitrogens with zero attached hydrogens (tertiary/aromatic N) is 1. The first kappa shape index (κ1) is 25.1. The Morgan fingerprint density at radius 3 is 2.39 bits per heavy atom. The maximum absolute atomic E-state index is 12.3. The molecule has 0 bridgehead atoms. The minimum atomic E-state index is -2.71. The van der Waals surface area contributed by atoms with Crippen molar-refractivity contribution in [2.24, 2.45) is 0 Å². The molecule has 0 aliphatic heterocycles. The average molecular weight is 490 g/mol. The molecule has 0 saturated carbocycles. The normalized spacial score (nSPS) is 11.6. The van der Waals surface area contributed by atoms with Crippen LogP contribution < -0.4 is 10.6 Å². The lowest BCUT2D eigenvalue weighted by Gasteiger charge is -2.28. The van der Waals surface area contributed by atoms with E-state index in [4.69, 9.17) is 13.3 Å². The number of aromatic nitrogens is 1. The largest absolute Gasteiger partial charge is 0.507 e. The fourth-order valence-corrected chi connectivity index (χ4v) is 7.07. The van der Waals surface area contributed by atoms with Crippen LogP contribution in [0.15, 0.2) is 42.5 Å². The van der Waals surface area contributed by atoms with Gasteiger partial charge >= 0.3 is 14.8 Å². The zero-order valence-corrected chi connectivity index (χ0v) is 21.0. The molecule has 178 valence electrons. The maximum Gasteiger partial charge on any atom is 0.500 e. The molecule has 3 rings (SSSR count). The highest BCUT2D eigenvalue weighted by molar-refractivity contribution is 7.21. The Morgan fingerprint density at radius 1 is 1.06 bits per heavy atom. The Balaban J connectivity index is 1.53. The monoisotopic (exact) mass is 489 g/mol. The second-order valence-corrected chi connectivity index (χ2v) is 10.9. The van der Waals surface area contributed by atoms with Crippen molar-refractivity contribution in [3.05, 3.63) is 42.5 Å². The third-order valence-electron chi connectivity index (χ3n) is 4.82. The highest BCUT2D eigenvalue weighted by atomic mass is 32.1. The summed E-state index contributed by atoms with van der Waals surface area (Å²) < 4.78 is 18.5. The number of benzene rings is 2. The quantitative estimate of drug-likeness (QED) is 0.238. The SMILES string of the molecule is CCO[Si](CCCNC(=O)Nc1ccc(-c2nc3ccccc3s2)c(O)c1)(OCC)OCC. The number of fused-ring (bicyclic) bond motifs is 1. The Labute approximate surface area is 199 Å². The topological polar surface area (TPSA) is 102 Å². The summed E-state index contributed by atoms with van der Waals surface area (Å²) in [6, 6.07) is 13.1. The summed E-state index contributed by atoms with van der Waals surface area (Å²) in [5.41, 5.74) is 2.02. The van der Waals surface area contributed by atoms with Crippen molar-refractivity contribution in [1.29, 1.82) is 0 Å². The molecular formula is C23H31N3O5SSi. The molecule has 10 heteroatoms. The Morgan fingerprint density at radius 2 is 1.76 bits per heavy atom. The van der Waals surface area contributed by atoms with Gasteiger partial charge in [-0.3, -0.25) is 0 Å². The van der Waals surface area contributed by atoms with Crippen LogP contribution in [0.2, 0.25) is 6.04 Å². The van der Waals surface area contributed by atoms with Gasteiger partial charge in [0, 0.05) is 44.2 Å². The van der Waals surface area contributed by atoms with Gasteiger partial charge in [-0.2, -0.15) is 0 Å². The number of carbonyl (C=O) groups is 1. The first-order valence-electron chi connectivity index (χ1n) is 11.2. The van der Waals surface area contributed by atoms with Crippen LogP contribution in [-0.2, 0) is 13.3 Å². The van der Waals surface area contributed by atoms with Crippen LogP contribution in [0.5, 0.6) is 5.75 Å². The molecule has 0 unspecified atom stereocenters. The molecule has 0 fully saturated rings. The first-order chi connectivity index (χ1) is 16.0. The van der Waals surface area contributed by atoms with E-state index in [0.717, 1.165) is 15.2 Å². The molecule has 3 N–H and O–H groups in total. The molecule has 33 heavy (non-hydrogen) atoms. The number of para-hydroxylation sites is 1. The lowest BCUT2D eigenvalue weighted by atomic mass is 10.2. The van der Waals surface area contributed by atoms with E-state index in [1.165, 1.54) is 17.4 Å². The molecule has 0 aliphatic carbocycles. The van der Waals surface area contributed by atoms with Crippen LogP contribution in [0.3, 0.4) is 0 Å². The molecule has 0 aliphatic rings. The number of phenols is 1. The smallest absolute Gasteiger partial charge is 0.500 e. The highest BCUT2D eigenvalue weighted by Gasteiger charge is 2.39. The molecule has 3 aromatic rings. The second kappa shape index (κ2) is 12.1. The predicted molar refractivity (Wildman–Crippen MR) is 134 cm³/mol. The van der Waals surface area contributed by atoms with E-state index in [1.54, 1.807) is 12.1 Å². The summed E-state index contributed by atoms with van der Waals surface area (Å²) in [6.07, 6.45) is 0.668. The molecule has 1 aromatic heterocycles. The van der Waals surface area contributed by atoms with Crippen molar-refractivity contribution < 1.29 is 23.2 Å². The zero-order valence-electron chi connectivity index (χ0n) is 19.2. The van der Waals surface area contributed by atoms with Gasteiger partial charge in [-0.15, -0.1) is 11.3 Å². The fraction of sp³-hybridized carbons (Fsp3) is 0.391. The highest BCUT2D eigenvalue weighted by Crippen LogP contribution is 2.36. The van der Waals surface area contributed by atoms with Gasteiger partial charge < -0.3 is 29.0 Å². The van der Waals surface area contributed by atoms with Crippen LogP contribution in [0.25, 0.3) is 20.8 Å². The van der Waals surface area contributed by atoms with Crippen LogP contribution in [0.1, 0.15) is 27.2 Å². The van der Waals surface area contributed by atoms with E-state index < -0.39 is 8.80 Å². The molecule has 0 radical (unpaired) electrons. The lowest BCUT2D eigenvalue weighted by molar-refractivity contribution is 0.0708. The molecule has 0 saturated heterocycles. The van der Waals surface area contributed by atoms with Crippen molar-refractivity contribution >= 4 is 42.1 Å². The molecule has 8 nitrogen and oxygen atoms in total. The predicted octanol–water partition coefficient (Wildman–Crippen LogP) is 5.23. The number of amides is 2. The third-order valence-corrected chi connectivity index (χ3v) is 9.04. The van der Waals surface area contributed by atoms with Crippen molar-refractivity contribution in [3.8, 4) is 16.3 Å². The summed E-state index contributed by atoms with van der Waals surface area (Å²) in [6.45, 7) is 7.78. The molecule has 0 atom stereocenters. The lowest BCUT2D eigenvalue weighted by Crippen LogP contribution is -2.46. The van der Waals surface area contributed by atoms with Gasteiger partial charge in [0.1, 0.15) is 10.8 Å². The minimum absolute atomic E-state index is 0.0628. The zero-order chi connectivity index (χ0) is 23.7. The molecular weight excluding hydrogens is 458 g/mol.